The van der Waals surface area contributed by atoms with Crippen LogP contribution >= 0.6 is 0 Å². The first kappa shape index (κ1) is 13.3. The molecule has 0 aromatic heterocycles. The minimum absolute atomic E-state index is 0.553. The van der Waals surface area contributed by atoms with Crippen LogP contribution in [0.4, 0.5) is 0 Å². The highest BCUT2D eigenvalue weighted by Gasteiger charge is 2.19. The molecule has 2 fully saturated rings. The highest BCUT2D eigenvalue weighted by Crippen LogP contribution is 2.18. The van der Waals surface area contributed by atoms with Crippen LogP contribution in [0.1, 0.15) is 51.9 Å². The molecule has 3 heteroatoms. The quantitative estimate of drug-likeness (QED) is 0.738. The van der Waals surface area contributed by atoms with Crippen LogP contribution in [-0.2, 0) is 4.74 Å². The average molecular weight is 240 g/mol. The molecule has 1 heterocycles. The standard InChI is InChI=1S/C14H28N2O/c1-12(10-14-11-17-9-8-15-14)16-13-6-4-2-3-5-7-13/h12-16H,2-11H2,1H3. The fraction of sp³-hybridized carbons (Fsp3) is 1.00. The summed E-state index contributed by atoms with van der Waals surface area (Å²) >= 11 is 0. The molecule has 1 saturated heterocycles. The first-order valence-corrected chi connectivity index (χ1v) is 7.42. The van der Waals surface area contributed by atoms with E-state index in [-0.39, 0.29) is 0 Å². The van der Waals surface area contributed by atoms with Gasteiger partial charge in [-0.2, -0.15) is 0 Å². The molecule has 100 valence electrons. The smallest absolute Gasteiger partial charge is 0.0620 e. The summed E-state index contributed by atoms with van der Waals surface area (Å²) in [5, 5.41) is 7.35. The molecule has 0 spiro atoms. The fourth-order valence-corrected chi connectivity index (χ4v) is 3.11. The van der Waals surface area contributed by atoms with Gasteiger partial charge in [-0.3, -0.25) is 0 Å². The molecular weight excluding hydrogens is 212 g/mol. The van der Waals surface area contributed by atoms with E-state index in [2.05, 4.69) is 17.6 Å². The van der Waals surface area contributed by atoms with Crippen LogP contribution in [0.5, 0.6) is 0 Å². The zero-order valence-corrected chi connectivity index (χ0v) is 11.2. The van der Waals surface area contributed by atoms with Crippen molar-refractivity contribution in [2.75, 3.05) is 19.8 Å². The predicted octanol–water partition coefficient (Wildman–Crippen LogP) is 2.07. The Labute approximate surface area is 106 Å². The minimum Gasteiger partial charge on any atom is -0.379 e. The second-order valence-electron chi connectivity index (χ2n) is 5.72. The van der Waals surface area contributed by atoms with Gasteiger partial charge in [0.1, 0.15) is 0 Å². The molecule has 1 aliphatic carbocycles. The Kier molecular flexibility index (Phi) is 5.75. The normalized spacial score (nSPS) is 29.8. The summed E-state index contributed by atoms with van der Waals surface area (Å²) in [4.78, 5) is 0. The second-order valence-corrected chi connectivity index (χ2v) is 5.72. The topological polar surface area (TPSA) is 33.3 Å². The fourth-order valence-electron chi connectivity index (χ4n) is 3.11. The number of ether oxygens (including phenoxy) is 1. The monoisotopic (exact) mass is 240 g/mol. The van der Waals surface area contributed by atoms with Gasteiger partial charge < -0.3 is 15.4 Å². The summed E-state index contributed by atoms with van der Waals surface area (Å²) < 4.78 is 5.50. The zero-order valence-electron chi connectivity index (χ0n) is 11.2. The molecule has 0 bridgehead atoms. The van der Waals surface area contributed by atoms with Crippen molar-refractivity contribution in [1.29, 1.82) is 0 Å². The van der Waals surface area contributed by atoms with E-state index in [4.69, 9.17) is 4.74 Å². The molecule has 0 aromatic rings. The average Bonchev–Trinajstić information content (AvgIpc) is 2.59. The summed E-state index contributed by atoms with van der Waals surface area (Å²) in [5.41, 5.74) is 0. The molecule has 1 aliphatic heterocycles. The van der Waals surface area contributed by atoms with Crippen molar-refractivity contribution < 1.29 is 4.74 Å². The Morgan fingerprint density at radius 2 is 2.00 bits per heavy atom. The Morgan fingerprint density at radius 1 is 1.24 bits per heavy atom. The van der Waals surface area contributed by atoms with Crippen LogP contribution in [0.2, 0.25) is 0 Å². The molecule has 2 unspecified atom stereocenters. The van der Waals surface area contributed by atoms with Crippen molar-refractivity contribution in [3.05, 3.63) is 0 Å². The van der Waals surface area contributed by atoms with Crippen LogP contribution in [0.3, 0.4) is 0 Å². The largest absolute Gasteiger partial charge is 0.379 e. The van der Waals surface area contributed by atoms with Crippen molar-refractivity contribution >= 4 is 0 Å². The van der Waals surface area contributed by atoms with Gasteiger partial charge in [0.05, 0.1) is 13.2 Å². The highest BCUT2D eigenvalue weighted by molar-refractivity contribution is 4.79. The van der Waals surface area contributed by atoms with Crippen LogP contribution < -0.4 is 10.6 Å². The summed E-state index contributed by atoms with van der Waals surface area (Å²) in [6, 6.07) is 1.92. The van der Waals surface area contributed by atoms with E-state index in [1.54, 1.807) is 0 Å². The molecule has 0 radical (unpaired) electrons. The van der Waals surface area contributed by atoms with Crippen LogP contribution in [-0.4, -0.2) is 37.9 Å². The molecule has 3 nitrogen and oxygen atoms in total. The third-order valence-corrected chi connectivity index (χ3v) is 4.01. The van der Waals surface area contributed by atoms with E-state index >= 15 is 0 Å². The van der Waals surface area contributed by atoms with Gasteiger partial charge in [-0.1, -0.05) is 25.7 Å². The second kappa shape index (κ2) is 7.34. The SMILES string of the molecule is CC(CC1COCCN1)NC1CCCCCC1. The van der Waals surface area contributed by atoms with E-state index in [9.17, 15) is 0 Å². The van der Waals surface area contributed by atoms with Gasteiger partial charge in [-0.05, 0) is 26.2 Å². The maximum atomic E-state index is 5.50. The lowest BCUT2D eigenvalue weighted by molar-refractivity contribution is 0.0706. The summed E-state index contributed by atoms with van der Waals surface area (Å²) in [7, 11) is 0. The number of hydrogen-bond donors (Lipinski definition) is 2. The maximum absolute atomic E-state index is 5.50. The van der Waals surface area contributed by atoms with Crippen LogP contribution in [0, 0.1) is 0 Å². The van der Waals surface area contributed by atoms with Crippen molar-refractivity contribution in [3.8, 4) is 0 Å². The number of nitrogens with one attached hydrogen (secondary N) is 2. The van der Waals surface area contributed by atoms with Crippen LogP contribution in [0.25, 0.3) is 0 Å². The Balaban J connectivity index is 1.66. The Bertz CT molecular complexity index is 196. The Morgan fingerprint density at radius 3 is 2.65 bits per heavy atom. The van der Waals surface area contributed by atoms with Gasteiger partial charge in [0, 0.05) is 24.7 Å². The maximum Gasteiger partial charge on any atom is 0.0620 e. The lowest BCUT2D eigenvalue weighted by atomic mass is 10.0. The molecule has 2 rings (SSSR count). The van der Waals surface area contributed by atoms with Gasteiger partial charge >= 0.3 is 0 Å². The molecule has 0 aromatic carbocycles. The van der Waals surface area contributed by atoms with E-state index in [1.165, 1.54) is 44.9 Å². The molecule has 2 N–H and O–H groups in total. The number of morpholine rings is 1. The summed E-state index contributed by atoms with van der Waals surface area (Å²) in [6.07, 6.45) is 9.63. The zero-order chi connectivity index (χ0) is 11.9. The molecular formula is C14H28N2O. The number of rotatable bonds is 4. The molecule has 2 aliphatic rings. The van der Waals surface area contributed by atoms with E-state index in [1.807, 2.05) is 0 Å². The van der Waals surface area contributed by atoms with Gasteiger partial charge in [0.2, 0.25) is 0 Å². The summed E-state index contributed by atoms with van der Waals surface area (Å²) in [6.45, 7) is 5.10. The third-order valence-electron chi connectivity index (χ3n) is 4.01. The van der Waals surface area contributed by atoms with E-state index in [0.717, 1.165) is 25.8 Å². The van der Waals surface area contributed by atoms with Crippen molar-refractivity contribution in [2.24, 2.45) is 0 Å². The molecule has 2 atom stereocenters. The van der Waals surface area contributed by atoms with Crippen molar-refractivity contribution in [1.82, 2.24) is 10.6 Å². The van der Waals surface area contributed by atoms with Crippen LogP contribution in [0.15, 0.2) is 0 Å². The first-order chi connectivity index (χ1) is 8.34. The Hall–Kier alpha value is -0.120. The highest BCUT2D eigenvalue weighted by atomic mass is 16.5. The van der Waals surface area contributed by atoms with Gasteiger partial charge in [0.15, 0.2) is 0 Å². The van der Waals surface area contributed by atoms with Crippen molar-refractivity contribution in [2.45, 2.75) is 70.0 Å². The predicted molar refractivity (Wildman–Crippen MR) is 71.3 cm³/mol. The third kappa shape index (κ3) is 4.94. The molecule has 17 heavy (non-hydrogen) atoms. The summed E-state index contributed by atoms with van der Waals surface area (Å²) in [5.74, 6) is 0. The van der Waals surface area contributed by atoms with Gasteiger partial charge in [-0.15, -0.1) is 0 Å². The van der Waals surface area contributed by atoms with Crippen molar-refractivity contribution in [3.63, 3.8) is 0 Å². The molecule has 1 saturated carbocycles. The lowest BCUT2D eigenvalue weighted by Crippen LogP contribution is -2.46. The van der Waals surface area contributed by atoms with Gasteiger partial charge in [0.25, 0.3) is 0 Å². The van der Waals surface area contributed by atoms with E-state index < -0.39 is 0 Å². The lowest BCUT2D eigenvalue weighted by Gasteiger charge is -2.29. The van der Waals surface area contributed by atoms with E-state index in [0.29, 0.717) is 12.1 Å². The minimum atomic E-state index is 0.553. The molecule has 0 amide bonds. The number of hydrogen-bond acceptors (Lipinski definition) is 3. The first-order valence-electron chi connectivity index (χ1n) is 7.42. The van der Waals surface area contributed by atoms with Gasteiger partial charge in [-0.25, -0.2) is 0 Å².